The molecule has 0 radical (unpaired) electrons. The number of benzene rings is 2. The van der Waals surface area contributed by atoms with Crippen LogP contribution in [0.5, 0.6) is 0 Å². The molecule has 3 aromatic rings. The van der Waals surface area contributed by atoms with Crippen LogP contribution in [0.3, 0.4) is 0 Å². The maximum absolute atomic E-state index is 11.8. The molecule has 0 aliphatic rings. The molecule has 0 saturated carbocycles. The Morgan fingerprint density at radius 2 is 2.04 bits per heavy atom. The second-order valence-electron chi connectivity index (χ2n) is 4.61. The first-order chi connectivity index (χ1) is 11.1. The minimum Gasteiger partial charge on any atom is -0.449 e. The van der Waals surface area contributed by atoms with Crippen LogP contribution in [-0.2, 0) is 4.74 Å². The van der Waals surface area contributed by atoms with E-state index in [9.17, 15) is 4.79 Å². The largest absolute Gasteiger partial charge is 0.449 e. The number of fused-ring (bicyclic) bond motifs is 1. The Kier molecular flexibility index (Phi) is 4.53. The summed E-state index contributed by atoms with van der Waals surface area (Å²) in [5.74, 6) is 1.82. The van der Waals surface area contributed by atoms with Crippen LogP contribution in [0.4, 0.5) is 0 Å². The molecule has 0 saturated heterocycles. The van der Waals surface area contributed by atoms with Gasteiger partial charge in [-0.05, 0) is 30.3 Å². The van der Waals surface area contributed by atoms with Crippen molar-refractivity contribution in [1.82, 2.24) is 4.98 Å². The molecular weight excluding hydrogens is 353 g/mol. The normalized spacial score (nSPS) is 10.5. The molecule has 0 fully saturated rings. The van der Waals surface area contributed by atoms with Gasteiger partial charge in [0.15, 0.2) is 6.61 Å². The van der Waals surface area contributed by atoms with E-state index in [4.69, 9.17) is 34.4 Å². The lowest BCUT2D eigenvalue weighted by molar-refractivity contribution is 0.0557. The van der Waals surface area contributed by atoms with Crippen LogP contribution >= 0.6 is 34.5 Å². The number of terminal acetylenes is 1. The van der Waals surface area contributed by atoms with Crippen molar-refractivity contribution in [3.8, 4) is 22.9 Å². The van der Waals surface area contributed by atoms with Crippen LogP contribution < -0.4 is 0 Å². The lowest BCUT2D eigenvalue weighted by Crippen LogP contribution is -2.04. The summed E-state index contributed by atoms with van der Waals surface area (Å²) in [6, 6.07) is 10.5. The monoisotopic (exact) mass is 361 g/mol. The van der Waals surface area contributed by atoms with Gasteiger partial charge in [0.2, 0.25) is 0 Å². The maximum atomic E-state index is 11.8. The predicted molar refractivity (Wildman–Crippen MR) is 94.2 cm³/mol. The smallest absolute Gasteiger partial charge is 0.339 e. The van der Waals surface area contributed by atoms with Gasteiger partial charge in [-0.15, -0.1) is 17.8 Å². The fourth-order valence-electron chi connectivity index (χ4n) is 1.99. The van der Waals surface area contributed by atoms with E-state index in [1.165, 1.54) is 11.3 Å². The molecule has 23 heavy (non-hydrogen) atoms. The fraction of sp³-hybridized carbons (Fsp3) is 0.0588. The number of esters is 1. The molecule has 3 nitrogen and oxygen atoms in total. The number of carbonyl (C=O) groups excluding carboxylic acids is 1. The van der Waals surface area contributed by atoms with Gasteiger partial charge in [-0.3, -0.25) is 0 Å². The standard InChI is InChI=1S/C17H9Cl2NO2S/c1-2-7-22-17(21)11-4-6-14-15(9-11)23-16(20-14)10-3-5-12(18)13(19)8-10/h1,3-6,8-9H,7H2. The minimum atomic E-state index is -0.450. The number of halogens is 2. The van der Waals surface area contributed by atoms with Gasteiger partial charge in [-0.2, -0.15) is 0 Å². The fourth-order valence-corrected chi connectivity index (χ4v) is 3.29. The molecule has 1 aromatic heterocycles. The number of rotatable bonds is 3. The molecule has 6 heteroatoms. The summed E-state index contributed by atoms with van der Waals surface area (Å²) in [6.07, 6.45) is 5.08. The summed E-state index contributed by atoms with van der Waals surface area (Å²) in [5, 5.41) is 1.77. The molecule has 0 atom stereocenters. The Balaban J connectivity index is 1.97. The van der Waals surface area contributed by atoms with Crippen LogP contribution in [0.2, 0.25) is 10.0 Å². The van der Waals surface area contributed by atoms with Crippen molar-refractivity contribution >= 4 is 50.7 Å². The van der Waals surface area contributed by atoms with Crippen LogP contribution in [0.25, 0.3) is 20.8 Å². The molecule has 1 heterocycles. The zero-order chi connectivity index (χ0) is 16.4. The summed E-state index contributed by atoms with van der Waals surface area (Å²) >= 11 is 13.4. The van der Waals surface area contributed by atoms with Gasteiger partial charge in [0.05, 0.1) is 25.8 Å². The van der Waals surface area contributed by atoms with Gasteiger partial charge in [0, 0.05) is 5.56 Å². The third-order valence-electron chi connectivity index (χ3n) is 3.08. The van der Waals surface area contributed by atoms with Gasteiger partial charge >= 0.3 is 5.97 Å². The van der Waals surface area contributed by atoms with Crippen molar-refractivity contribution in [2.24, 2.45) is 0 Å². The van der Waals surface area contributed by atoms with E-state index in [-0.39, 0.29) is 6.61 Å². The quantitative estimate of drug-likeness (QED) is 0.483. The summed E-state index contributed by atoms with van der Waals surface area (Å²) in [5.41, 5.74) is 2.11. The third kappa shape index (κ3) is 3.32. The molecule has 114 valence electrons. The lowest BCUT2D eigenvalue weighted by atomic mass is 10.2. The molecule has 0 spiro atoms. The van der Waals surface area contributed by atoms with E-state index in [0.717, 1.165) is 20.8 Å². The first-order valence-corrected chi connectivity index (χ1v) is 8.12. The molecule has 0 bridgehead atoms. The number of hydrogen-bond acceptors (Lipinski definition) is 4. The molecule has 0 amide bonds. The van der Waals surface area contributed by atoms with Gasteiger partial charge < -0.3 is 4.74 Å². The van der Waals surface area contributed by atoms with Crippen LogP contribution in [-0.4, -0.2) is 17.6 Å². The lowest BCUT2D eigenvalue weighted by Gasteiger charge is -2.00. The second kappa shape index (κ2) is 6.59. The Bertz CT molecular complexity index is 943. The summed E-state index contributed by atoms with van der Waals surface area (Å²) in [7, 11) is 0. The second-order valence-corrected chi connectivity index (χ2v) is 6.46. The first-order valence-electron chi connectivity index (χ1n) is 6.55. The molecule has 0 aliphatic heterocycles. The van der Waals surface area contributed by atoms with Crippen molar-refractivity contribution in [3.63, 3.8) is 0 Å². The summed E-state index contributed by atoms with van der Waals surface area (Å²) < 4.78 is 5.80. The van der Waals surface area contributed by atoms with Crippen LogP contribution in [0.1, 0.15) is 10.4 Å². The summed E-state index contributed by atoms with van der Waals surface area (Å²) in [6.45, 7) is -0.0475. The average Bonchev–Trinajstić information content (AvgIpc) is 2.98. The molecule has 2 aromatic carbocycles. The van der Waals surface area contributed by atoms with Crippen molar-refractivity contribution in [1.29, 1.82) is 0 Å². The highest BCUT2D eigenvalue weighted by atomic mass is 35.5. The van der Waals surface area contributed by atoms with Crippen LogP contribution in [0.15, 0.2) is 36.4 Å². The topological polar surface area (TPSA) is 39.2 Å². The van der Waals surface area contributed by atoms with Gasteiger partial charge in [0.25, 0.3) is 0 Å². The minimum absolute atomic E-state index is 0.0475. The van der Waals surface area contributed by atoms with Crippen molar-refractivity contribution in [2.75, 3.05) is 6.61 Å². The highest BCUT2D eigenvalue weighted by molar-refractivity contribution is 7.21. The molecular formula is C17H9Cl2NO2S. The molecule has 0 N–H and O–H groups in total. The number of carbonyl (C=O) groups is 1. The van der Waals surface area contributed by atoms with Gasteiger partial charge in [0.1, 0.15) is 5.01 Å². The average molecular weight is 362 g/mol. The highest BCUT2D eigenvalue weighted by Crippen LogP contribution is 2.34. The number of ether oxygens (including phenoxy) is 1. The SMILES string of the molecule is C#CCOC(=O)c1ccc2nc(-c3ccc(Cl)c(Cl)c3)sc2c1. The first kappa shape index (κ1) is 15.8. The van der Waals surface area contributed by atoms with E-state index in [1.807, 2.05) is 6.07 Å². The highest BCUT2D eigenvalue weighted by Gasteiger charge is 2.12. The van der Waals surface area contributed by atoms with Crippen LogP contribution in [0, 0.1) is 12.3 Å². The van der Waals surface area contributed by atoms with E-state index >= 15 is 0 Å². The molecule has 0 unspecified atom stereocenters. The van der Waals surface area contributed by atoms with E-state index in [2.05, 4.69) is 10.9 Å². The Labute approximate surface area is 146 Å². The Morgan fingerprint density at radius 1 is 1.22 bits per heavy atom. The van der Waals surface area contributed by atoms with Crippen molar-refractivity contribution in [3.05, 3.63) is 52.0 Å². The Morgan fingerprint density at radius 3 is 2.78 bits per heavy atom. The third-order valence-corrected chi connectivity index (χ3v) is 4.88. The van der Waals surface area contributed by atoms with E-state index < -0.39 is 5.97 Å². The van der Waals surface area contributed by atoms with Gasteiger partial charge in [-0.25, -0.2) is 9.78 Å². The zero-order valence-corrected chi connectivity index (χ0v) is 14.0. The van der Waals surface area contributed by atoms with Gasteiger partial charge in [-0.1, -0.05) is 35.2 Å². The van der Waals surface area contributed by atoms with Crippen molar-refractivity contribution in [2.45, 2.75) is 0 Å². The van der Waals surface area contributed by atoms with Crippen molar-refractivity contribution < 1.29 is 9.53 Å². The maximum Gasteiger partial charge on any atom is 0.339 e. The molecule has 3 rings (SSSR count). The predicted octanol–water partition coefficient (Wildman–Crippen LogP) is 5.06. The number of thiazole rings is 1. The van der Waals surface area contributed by atoms with E-state index in [0.29, 0.717) is 15.6 Å². The Hall–Kier alpha value is -2.06. The zero-order valence-electron chi connectivity index (χ0n) is 11.7. The number of nitrogens with zero attached hydrogens (tertiary/aromatic N) is 1. The van der Waals surface area contributed by atoms with E-state index in [1.54, 1.807) is 30.3 Å². The number of hydrogen-bond donors (Lipinski definition) is 0. The molecule has 0 aliphatic carbocycles. The number of aromatic nitrogens is 1. The summed E-state index contributed by atoms with van der Waals surface area (Å²) in [4.78, 5) is 16.4.